The number of hydrogen-bond acceptors (Lipinski definition) is 3. The summed E-state index contributed by atoms with van der Waals surface area (Å²) in [7, 11) is 1.78. The smallest absolute Gasteiger partial charge is 0.223 e. The molecule has 1 aromatic carbocycles. The third kappa shape index (κ3) is 4.01. The fourth-order valence-electron chi connectivity index (χ4n) is 2.67. The van der Waals surface area contributed by atoms with Gasteiger partial charge in [0.05, 0.1) is 0 Å². The normalized spacial score (nSPS) is 16.9. The predicted octanol–water partition coefficient (Wildman–Crippen LogP) is 1.78. The molecule has 1 N–H and O–H groups in total. The van der Waals surface area contributed by atoms with Gasteiger partial charge < -0.3 is 10.2 Å². The minimum Gasteiger partial charge on any atom is -0.340 e. The summed E-state index contributed by atoms with van der Waals surface area (Å²) >= 11 is 0. The first-order valence-electron chi connectivity index (χ1n) is 7.63. The summed E-state index contributed by atoms with van der Waals surface area (Å²) in [5.41, 5.74) is 0.0552. The number of halogens is 2. The number of nitrogens with zero attached hydrogens (tertiary/aromatic N) is 2. The standard InChI is InChI=1S/C16H23F2N3O/c1-12(16-13(17)4-3-5-14(16)18)20(2)9-6-15(22)21-10-7-19-8-11-21/h3-5,12,19H,6-11H2,1-2H3. The molecule has 0 saturated carbocycles. The minimum atomic E-state index is -0.548. The number of rotatable bonds is 5. The molecule has 4 nitrogen and oxygen atoms in total. The zero-order valence-corrected chi connectivity index (χ0v) is 13.1. The van der Waals surface area contributed by atoms with Gasteiger partial charge in [0.2, 0.25) is 5.91 Å². The lowest BCUT2D eigenvalue weighted by Gasteiger charge is -2.29. The Morgan fingerprint density at radius 1 is 1.32 bits per heavy atom. The van der Waals surface area contributed by atoms with Gasteiger partial charge in [-0.05, 0) is 26.1 Å². The van der Waals surface area contributed by atoms with Gasteiger partial charge in [0.25, 0.3) is 0 Å². The summed E-state index contributed by atoms with van der Waals surface area (Å²) in [6.07, 6.45) is 0.358. The van der Waals surface area contributed by atoms with Crippen molar-refractivity contribution in [3.05, 3.63) is 35.4 Å². The molecule has 0 radical (unpaired) electrons. The molecule has 1 atom stereocenters. The van der Waals surface area contributed by atoms with Crippen molar-refractivity contribution in [1.29, 1.82) is 0 Å². The molecule has 1 unspecified atom stereocenters. The molecule has 1 fully saturated rings. The van der Waals surface area contributed by atoms with Crippen molar-refractivity contribution in [1.82, 2.24) is 15.1 Å². The van der Waals surface area contributed by atoms with E-state index < -0.39 is 17.7 Å². The molecule has 0 aliphatic carbocycles. The summed E-state index contributed by atoms with van der Waals surface area (Å²) in [5, 5.41) is 3.20. The molecule has 1 aliphatic heterocycles. The van der Waals surface area contributed by atoms with E-state index in [1.165, 1.54) is 18.2 Å². The monoisotopic (exact) mass is 311 g/mol. The van der Waals surface area contributed by atoms with Crippen LogP contribution < -0.4 is 5.32 Å². The average Bonchev–Trinajstić information content (AvgIpc) is 2.52. The summed E-state index contributed by atoms with van der Waals surface area (Å²) in [6, 6.07) is 3.45. The molecule has 1 aliphatic rings. The predicted molar refractivity (Wildman–Crippen MR) is 81.5 cm³/mol. The highest BCUT2D eigenvalue weighted by molar-refractivity contribution is 5.76. The Bertz CT molecular complexity index is 498. The van der Waals surface area contributed by atoms with Gasteiger partial charge in [-0.2, -0.15) is 0 Å². The zero-order valence-electron chi connectivity index (χ0n) is 13.1. The number of carbonyl (C=O) groups excluding carboxylic acids is 1. The first-order chi connectivity index (χ1) is 10.5. The van der Waals surface area contributed by atoms with E-state index in [9.17, 15) is 13.6 Å². The summed E-state index contributed by atoms with van der Waals surface area (Å²) in [4.78, 5) is 15.8. The van der Waals surface area contributed by atoms with E-state index in [0.29, 0.717) is 13.0 Å². The van der Waals surface area contributed by atoms with Crippen molar-refractivity contribution in [2.75, 3.05) is 39.8 Å². The van der Waals surface area contributed by atoms with E-state index >= 15 is 0 Å². The highest BCUT2D eigenvalue weighted by atomic mass is 19.1. The number of amides is 1. The number of benzene rings is 1. The zero-order chi connectivity index (χ0) is 16.1. The fraction of sp³-hybridized carbons (Fsp3) is 0.562. The molecule has 2 rings (SSSR count). The van der Waals surface area contributed by atoms with Crippen LogP contribution in [0.15, 0.2) is 18.2 Å². The van der Waals surface area contributed by atoms with Gasteiger partial charge in [0, 0.05) is 50.7 Å². The molecular weight excluding hydrogens is 288 g/mol. The lowest BCUT2D eigenvalue weighted by molar-refractivity contribution is -0.132. The Kier molecular flexibility index (Phi) is 5.85. The summed E-state index contributed by atoms with van der Waals surface area (Å²) < 4.78 is 27.6. The molecule has 1 aromatic rings. The number of carbonyl (C=O) groups is 1. The van der Waals surface area contributed by atoms with Crippen LogP contribution in [0.5, 0.6) is 0 Å². The Morgan fingerprint density at radius 3 is 2.50 bits per heavy atom. The van der Waals surface area contributed by atoms with E-state index in [-0.39, 0.29) is 11.5 Å². The van der Waals surface area contributed by atoms with E-state index in [0.717, 1.165) is 26.2 Å². The van der Waals surface area contributed by atoms with Crippen molar-refractivity contribution in [3.63, 3.8) is 0 Å². The maximum atomic E-state index is 13.8. The molecule has 22 heavy (non-hydrogen) atoms. The van der Waals surface area contributed by atoms with Gasteiger partial charge in [0.15, 0.2) is 0 Å². The van der Waals surface area contributed by atoms with Crippen LogP contribution in [0.1, 0.15) is 24.9 Å². The van der Waals surface area contributed by atoms with Crippen molar-refractivity contribution < 1.29 is 13.6 Å². The molecule has 1 heterocycles. The largest absolute Gasteiger partial charge is 0.340 e. The third-order valence-electron chi connectivity index (χ3n) is 4.23. The maximum absolute atomic E-state index is 13.8. The van der Waals surface area contributed by atoms with Crippen molar-refractivity contribution in [2.45, 2.75) is 19.4 Å². The second-order valence-corrected chi connectivity index (χ2v) is 5.67. The number of nitrogens with one attached hydrogen (secondary N) is 1. The molecule has 122 valence electrons. The average molecular weight is 311 g/mol. The lowest BCUT2D eigenvalue weighted by atomic mass is 10.1. The number of piperazine rings is 1. The molecule has 0 spiro atoms. The van der Waals surface area contributed by atoms with Crippen molar-refractivity contribution in [2.24, 2.45) is 0 Å². The summed E-state index contributed by atoms with van der Waals surface area (Å²) in [5.74, 6) is -1.00. The van der Waals surface area contributed by atoms with Gasteiger partial charge in [-0.1, -0.05) is 6.07 Å². The highest BCUT2D eigenvalue weighted by Gasteiger charge is 2.21. The Labute approximate surface area is 130 Å². The van der Waals surface area contributed by atoms with Crippen LogP contribution in [0.2, 0.25) is 0 Å². The summed E-state index contributed by atoms with van der Waals surface area (Å²) in [6.45, 7) is 5.30. The van der Waals surface area contributed by atoms with Crippen LogP contribution in [0, 0.1) is 11.6 Å². The van der Waals surface area contributed by atoms with Gasteiger partial charge >= 0.3 is 0 Å². The van der Waals surface area contributed by atoms with Crippen LogP contribution in [-0.2, 0) is 4.79 Å². The van der Waals surface area contributed by atoms with Crippen LogP contribution in [-0.4, -0.2) is 55.5 Å². The third-order valence-corrected chi connectivity index (χ3v) is 4.23. The molecule has 0 bridgehead atoms. The SMILES string of the molecule is CC(c1c(F)cccc1F)N(C)CCC(=O)N1CCNCC1. The topological polar surface area (TPSA) is 35.6 Å². The Morgan fingerprint density at radius 2 is 1.91 bits per heavy atom. The fourth-order valence-corrected chi connectivity index (χ4v) is 2.67. The van der Waals surface area contributed by atoms with Crippen LogP contribution in [0.4, 0.5) is 8.78 Å². The molecule has 1 saturated heterocycles. The molecule has 6 heteroatoms. The van der Waals surface area contributed by atoms with Crippen LogP contribution in [0.25, 0.3) is 0 Å². The van der Waals surface area contributed by atoms with E-state index in [1.807, 2.05) is 9.80 Å². The maximum Gasteiger partial charge on any atom is 0.223 e. The first-order valence-corrected chi connectivity index (χ1v) is 7.63. The second-order valence-electron chi connectivity index (χ2n) is 5.67. The minimum absolute atomic E-state index is 0.0552. The molecular formula is C16H23F2N3O. The van der Waals surface area contributed by atoms with Gasteiger partial charge in [-0.25, -0.2) is 8.78 Å². The van der Waals surface area contributed by atoms with Crippen molar-refractivity contribution >= 4 is 5.91 Å². The first kappa shape index (κ1) is 16.8. The molecule has 1 amide bonds. The van der Waals surface area contributed by atoms with E-state index in [4.69, 9.17) is 0 Å². The lowest BCUT2D eigenvalue weighted by Crippen LogP contribution is -2.47. The second kappa shape index (κ2) is 7.65. The number of hydrogen-bond donors (Lipinski definition) is 1. The van der Waals surface area contributed by atoms with Crippen molar-refractivity contribution in [3.8, 4) is 0 Å². The Balaban J connectivity index is 1.91. The van der Waals surface area contributed by atoms with E-state index in [1.54, 1.807) is 14.0 Å². The molecule has 0 aromatic heterocycles. The quantitative estimate of drug-likeness (QED) is 0.900. The Hall–Kier alpha value is -1.53. The highest BCUT2D eigenvalue weighted by Crippen LogP contribution is 2.24. The van der Waals surface area contributed by atoms with Gasteiger partial charge in [-0.3, -0.25) is 9.69 Å². The van der Waals surface area contributed by atoms with Crippen LogP contribution in [0.3, 0.4) is 0 Å². The van der Waals surface area contributed by atoms with Gasteiger partial charge in [-0.15, -0.1) is 0 Å². The van der Waals surface area contributed by atoms with Gasteiger partial charge in [0.1, 0.15) is 11.6 Å². The van der Waals surface area contributed by atoms with Crippen LogP contribution >= 0.6 is 0 Å². The van der Waals surface area contributed by atoms with E-state index in [2.05, 4.69) is 5.32 Å².